The second kappa shape index (κ2) is 4.11. The van der Waals surface area contributed by atoms with Crippen molar-refractivity contribution in [2.24, 2.45) is 5.92 Å². The zero-order valence-corrected chi connectivity index (χ0v) is 9.69. The molecular formula is C12H13FN2S. The van der Waals surface area contributed by atoms with Gasteiger partial charge in [0.1, 0.15) is 11.3 Å². The van der Waals surface area contributed by atoms with Crippen molar-refractivity contribution in [1.29, 1.82) is 0 Å². The van der Waals surface area contributed by atoms with Crippen LogP contribution in [0, 0.1) is 11.7 Å². The van der Waals surface area contributed by atoms with Crippen molar-refractivity contribution in [3.05, 3.63) is 29.0 Å². The monoisotopic (exact) mass is 236 g/mol. The van der Waals surface area contributed by atoms with Crippen molar-refractivity contribution in [1.82, 2.24) is 10.3 Å². The van der Waals surface area contributed by atoms with Gasteiger partial charge in [0.05, 0.1) is 9.71 Å². The maximum Gasteiger partial charge on any atom is 0.150 e. The van der Waals surface area contributed by atoms with Crippen molar-refractivity contribution in [3.63, 3.8) is 0 Å². The highest BCUT2D eigenvalue weighted by molar-refractivity contribution is 7.18. The fourth-order valence-electron chi connectivity index (χ4n) is 2.18. The lowest BCUT2D eigenvalue weighted by Crippen LogP contribution is -2.10. The molecule has 0 bridgehead atoms. The van der Waals surface area contributed by atoms with Gasteiger partial charge in [-0.05, 0) is 37.6 Å². The van der Waals surface area contributed by atoms with E-state index in [2.05, 4.69) is 10.3 Å². The number of hydrogen-bond donors (Lipinski definition) is 1. The molecule has 1 aliphatic rings. The zero-order valence-electron chi connectivity index (χ0n) is 8.87. The van der Waals surface area contributed by atoms with Gasteiger partial charge in [-0.3, -0.25) is 0 Å². The summed E-state index contributed by atoms with van der Waals surface area (Å²) < 4.78 is 14.4. The predicted molar refractivity (Wildman–Crippen MR) is 64.3 cm³/mol. The number of rotatable bonds is 2. The van der Waals surface area contributed by atoms with Gasteiger partial charge in [0.2, 0.25) is 0 Å². The largest absolute Gasteiger partial charge is 0.316 e. The first-order valence-corrected chi connectivity index (χ1v) is 6.39. The summed E-state index contributed by atoms with van der Waals surface area (Å²) in [6.07, 6.45) is 2.18. The highest BCUT2D eigenvalue weighted by Crippen LogP contribution is 2.26. The number of nitrogens with zero attached hydrogens (tertiary/aromatic N) is 1. The molecule has 1 unspecified atom stereocenters. The third kappa shape index (κ3) is 1.83. The van der Waals surface area contributed by atoms with E-state index in [0.717, 1.165) is 29.2 Å². The summed E-state index contributed by atoms with van der Waals surface area (Å²) >= 11 is 1.62. The van der Waals surface area contributed by atoms with E-state index in [-0.39, 0.29) is 5.82 Å². The normalized spacial score (nSPS) is 20.7. The molecule has 84 valence electrons. The molecule has 1 atom stereocenters. The smallest absolute Gasteiger partial charge is 0.150 e. The summed E-state index contributed by atoms with van der Waals surface area (Å²) in [6, 6.07) is 5.16. The van der Waals surface area contributed by atoms with Gasteiger partial charge in [-0.15, -0.1) is 11.3 Å². The van der Waals surface area contributed by atoms with E-state index in [4.69, 9.17) is 0 Å². The standard InChI is InChI=1S/C12H13FN2S/c13-9-2-1-3-10-12(9)15-11(16-10)6-8-4-5-14-7-8/h1-3,8,14H,4-7H2. The van der Waals surface area contributed by atoms with E-state index in [1.54, 1.807) is 17.4 Å². The number of para-hydroxylation sites is 1. The molecule has 1 aliphatic heterocycles. The van der Waals surface area contributed by atoms with Gasteiger partial charge >= 0.3 is 0 Å². The molecule has 0 spiro atoms. The molecule has 4 heteroatoms. The topological polar surface area (TPSA) is 24.9 Å². The van der Waals surface area contributed by atoms with E-state index in [0.29, 0.717) is 11.4 Å². The first-order chi connectivity index (χ1) is 7.83. The molecule has 2 heterocycles. The van der Waals surface area contributed by atoms with Crippen LogP contribution in [0.5, 0.6) is 0 Å². The molecule has 2 aromatic rings. The van der Waals surface area contributed by atoms with Crippen LogP contribution in [0.3, 0.4) is 0 Å². The molecule has 1 saturated heterocycles. The molecule has 16 heavy (non-hydrogen) atoms. The van der Waals surface area contributed by atoms with Crippen LogP contribution in [-0.4, -0.2) is 18.1 Å². The van der Waals surface area contributed by atoms with Gasteiger partial charge in [-0.2, -0.15) is 0 Å². The Labute approximate surface area is 97.5 Å². The average molecular weight is 236 g/mol. The maximum absolute atomic E-state index is 13.4. The van der Waals surface area contributed by atoms with Gasteiger partial charge in [0.15, 0.2) is 0 Å². The van der Waals surface area contributed by atoms with Gasteiger partial charge in [0, 0.05) is 6.42 Å². The molecule has 1 aromatic heterocycles. The molecule has 1 N–H and O–H groups in total. The summed E-state index contributed by atoms with van der Waals surface area (Å²) in [5.74, 6) is 0.466. The van der Waals surface area contributed by atoms with Crippen LogP contribution in [0.15, 0.2) is 18.2 Å². The summed E-state index contributed by atoms with van der Waals surface area (Å²) in [5.41, 5.74) is 0.536. The number of thiazole rings is 1. The number of halogens is 1. The lowest BCUT2D eigenvalue weighted by atomic mass is 10.1. The summed E-state index contributed by atoms with van der Waals surface area (Å²) in [4.78, 5) is 4.39. The van der Waals surface area contributed by atoms with Gasteiger partial charge < -0.3 is 5.32 Å². The Hall–Kier alpha value is -1.00. The van der Waals surface area contributed by atoms with Crippen molar-refractivity contribution < 1.29 is 4.39 Å². The molecule has 3 rings (SSSR count). The average Bonchev–Trinajstić information content (AvgIpc) is 2.88. The Morgan fingerprint density at radius 2 is 2.44 bits per heavy atom. The molecule has 0 aliphatic carbocycles. The third-order valence-electron chi connectivity index (χ3n) is 3.04. The Kier molecular flexibility index (Phi) is 2.61. The van der Waals surface area contributed by atoms with Gasteiger partial charge in [-0.1, -0.05) is 6.07 Å². The van der Waals surface area contributed by atoms with Crippen molar-refractivity contribution in [2.45, 2.75) is 12.8 Å². The van der Waals surface area contributed by atoms with Crippen molar-refractivity contribution >= 4 is 21.6 Å². The fourth-order valence-corrected chi connectivity index (χ4v) is 3.28. The zero-order chi connectivity index (χ0) is 11.0. The van der Waals surface area contributed by atoms with Crippen LogP contribution < -0.4 is 5.32 Å². The van der Waals surface area contributed by atoms with Crippen LogP contribution >= 0.6 is 11.3 Å². The summed E-state index contributed by atoms with van der Waals surface area (Å²) in [5, 5.41) is 4.40. The summed E-state index contributed by atoms with van der Waals surface area (Å²) in [7, 11) is 0. The van der Waals surface area contributed by atoms with Crippen LogP contribution in [0.2, 0.25) is 0 Å². The number of nitrogens with one attached hydrogen (secondary N) is 1. The van der Waals surface area contributed by atoms with Crippen LogP contribution in [-0.2, 0) is 6.42 Å². The van der Waals surface area contributed by atoms with Gasteiger partial charge in [0.25, 0.3) is 0 Å². The third-order valence-corrected chi connectivity index (χ3v) is 4.08. The van der Waals surface area contributed by atoms with Crippen LogP contribution in [0.4, 0.5) is 4.39 Å². The second-order valence-electron chi connectivity index (χ2n) is 4.26. The fraction of sp³-hybridized carbons (Fsp3) is 0.417. The van der Waals surface area contributed by atoms with E-state index < -0.39 is 0 Å². The lowest BCUT2D eigenvalue weighted by Gasteiger charge is -2.03. The Bertz CT molecular complexity index is 503. The molecule has 1 fully saturated rings. The first-order valence-electron chi connectivity index (χ1n) is 5.57. The lowest BCUT2D eigenvalue weighted by molar-refractivity contribution is 0.578. The Morgan fingerprint density at radius 3 is 3.19 bits per heavy atom. The van der Waals surface area contributed by atoms with Crippen molar-refractivity contribution in [2.75, 3.05) is 13.1 Å². The molecule has 2 nitrogen and oxygen atoms in total. The molecule has 0 saturated carbocycles. The number of fused-ring (bicyclic) bond motifs is 1. The van der Waals surface area contributed by atoms with Gasteiger partial charge in [-0.25, -0.2) is 9.37 Å². The molecule has 1 aromatic carbocycles. The minimum atomic E-state index is -0.204. The number of benzene rings is 1. The first kappa shape index (κ1) is 10.2. The van der Waals surface area contributed by atoms with E-state index in [9.17, 15) is 4.39 Å². The van der Waals surface area contributed by atoms with Crippen molar-refractivity contribution in [3.8, 4) is 0 Å². The molecule has 0 radical (unpaired) electrons. The quantitative estimate of drug-likeness (QED) is 0.867. The number of aromatic nitrogens is 1. The molecular weight excluding hydrogens is 223 g/mol. The highest BCUT2D eigenvalue weighted by Gasteiger charge is 2.17. The minimum Gasteiger partial charge on any atom is -0.316 e. The highest BCUT2D eigenvalue weighted by atomic mass is 32.1. The minimum absolute atomic E-state index is 0.204. The molecule has 0 amide bonds. The maximum atomic E-state index is 13.4. The number of hydrogen-bond acceptors (Lipinski definition) is 3. The van der Waals surface area contributed by atoms with Crippen LogP contribution in [0.1, 0.15) is 11.4 Å². The Morgan fingerprint density at radius 1 is 1.50 bits per heavy atom. The predicted octanol–water partition coefficient (Wildman–Crippen LogP) is 2.59. The summed E-state index contributed by atoms with van der Waals surface area (Å²) in [6.45, 7) is 2.17. The van der Waals surface area contributed by atoms with E-state index >= 15 is 0 Å². The van der Waals surface area contributed by atoms with E-state index in [1.807, 2.05) is 6.07 Å². The van der Waals surface area contributed by atoms with E-state index in [1.165, 1.54) is 12.5 Å². The SMILES string of the molecule is Fc1cccc2sc(CC3CCNC3)nc12. The second-order valence-corrected chi connectivity index (χ2v) is 5.37. The van der Waals surface area contributed by atoms with Crippen LogP contribution in [0.25, 0.3) is 10.2 Å². The Balaban J connectivity index is 1.90.